The van der Waals surface area contributed by atoms with E-state index in [2.05, 4.69) is 16.0 Å². The Kier molecular flexibility index (Phi) is 6.40. The van der Waals surface area contributed by atoms with Crippen LogP contribution >= 0.6 is 0 Å². The second-order valence-corrected chi connectivity index (χ2v) is 7.92. The average molecular weight is 409 g/mol. The van der Waals surface area contributed by atoms with Crippen molar-refractivity contribution in [3.63, 3.8) is 0 Å². The van der Waals surface area contributed by atoms with Crippen LogP contribution < -0.4 is 20.7 Å². The van der Waals surface area contributed by atoms with Gasteiger partial charge in [0.1, 0.15) is 11.8 Å². The normalized spacial score (nSPS) is 16.2. The topological polar surface area (TPSA) is 96.5 Å². The molecular weight excluding hydrogens is 382 g/mol. The highest BCUT2D eigenvalue weighted by Gasteiger charge is 2.26. The fraction of sp³-hybridized carbons (Fsp3) is 0.348. The minimum atomic E-state index is -0.695. The SMILES string of the molecule is Cc1ccccc1C(=O)N[C@@H](CC(C)C)C(=O)Nc1ccc2c(c1)NC(=O)[C@H](C)O2. The minimum absolute atomic E-state index is 0.204. The zero-order valence-electron chi connectivity index (χ0n) is 17.6. The molecule has 3 rings (SSSR count). The van der Waals surface area contributed by atoms with E-state index >= 15 is 0 Å². The zero-order chi connectivity index (χ0) is 21.8. The molecule has 7 nitrogen and oxygen atoms in total. The van der Waals surface area contributed by atoms with Crippen LogP contribution in [-0.2, 0) is 9.59 Å². The summed E-state index contributed by atoms with van der Waals surface area (Å²) < 4.78 is 5.54. The summed E-state index contributed by atoms with van der Waals surface area (Å²) in [4.78, 5) is 37.5. The van der Waals surface area contributed by atoms with Crippen LogP contribution in [0.25, 0.3) is 0 Å². The lowest BCUT2D eigenvalue weighted by Crippen LogP contribution is -2.44. The number of carbonyl (C=O) groups excluding carboxylic acids is 3. The maximum Gasteiger partial charge on any atom is 0.265 e. The first-order valence-electron chi connectivity index (χ1n) is 10.0. The number of anilines is 2. The lowest BCUT2D eigenvalue weighted by atomic mass is 10.0. The Hall–Kier alpha value is -3.35. The Morgan fingerprint density at radius 3 is 2.60 bits per heavy atom. The average Bonchev–Trinajstić information content (AvgIpc) is 2.68. The fourth-order valence-corrected chi connectivity index (χ4v) is 3.28. The summed E-state index contributed by atoms with van der Waals surface area (Å²) in [5, 5.41) is 8.45. The Morgan fingerprint density at radius 1 is 1.17 bits per heavy atom. The molecule has 1 aliphatic rings. The number of aryl methyl sites for hydroxylation is 1. The summed E-state index contributed by atoms with van der Waals surface area (Å²) in [5.74, 6) is -0.0903. The summed E-state index contributed by atoms with van der Waals surface area (Å²) in [6.07, 6.45) is -0.0730. The van der Waals surface area contributed by atoms with E-state index < -0.39 is 12.1 Å². The van der Waals surface area contributed by atoms with Crippen molar-refractivity contribution < 1.29 is 19.1 Å². The Bertz CT molecular complexity index is 971. The Labute approximate surface area is 176 Å². The number of hydrogen-bond donors (Lipinski definition) is 3. The molecule has 0 aliphatic carbocycles. The first-order valence-corrected chi connectivity index (χ1v) is 10.0. The van der Waals surface area contributed by atoms with Crippen molar-refractivity contribution in [1.29, 1.82) is 0 Å². The predicted molar refractivity (Wildman–Crippen MR) is 116 cm³/mol. The van der Waals surface area contributed by atoms with Gasteiger partial charge in [0.05, 0.1) is 5.69 Å². The Balaban J connectivity index is 1.74. The molecule has 2 atom stereocenters. The third-order valence-corrected chi connectivity index (χ3v) is 4.90. The molecule has 1 heterocycles. The smallest absolute Gasteiger partial charge is 0.265 e. The molecule has 3 amide bonds. The van der Waals surface area contributed by atoms with Crippen molar-refractivity contribution >= 4 is 29.1 Å². The maximum atomic E-state index is 12.9. The van der Waals surface area contributed by atoms with Gasteiger partial charge < -0.3 is 20.7 Å². The van der Waals surface area contributed by atoms with Gasteiger partial charge in [-0.1, -0.05) is 32.0 Å². The highest BCUT2D eigenvalue weighted by molar-refractivity contribution is 6.03. The van der Waals surface area contributed by atoms with Crippen molar-refractivity contribution in [3.05, 3.63) is 53.6 Å². The number of hydrogen-bond acceptors (Lipinski definition) is 4. The molecule has 2 aromatic rings. The molecule has 0 radical (unpaired) electrons. The van der Waals surface area contributed by atoms with Crippen LogP contribution in [0.15, 0.2) is 42.5 Å². The number of carbonyl (C=O) groups is 3. The molecular formula is C23H27N3O4. The second kappa shape index (κ2) is 8.98. The van der Waals surface area contributed by atoms with Crippen molar-refractivity contribution in [1.82, 2.24) is 5.32 Å². The van der Waals surface area contributed by atoms with E-state index in [-0.39, 0.29) is 23.6 Å². The molecule has 158 valence electrons. The molecule has 0 saturated heterocycles. The lowest BCUT2D eigenvalue weighted by molar-refractivity contribution is -0.122. The summed E-state index contributed by atoms with van der Waals surface area (Å²) in [6, 6.07) is 11.6. The molecule has 0 aromatic heterocycles. The van der Waals surface area contributed by atoms with Crippen molar-refractivity contribution in [3.8, 4) is 5.75 Å². The number of amides is 3. The first-order chi connectivity index (χ1) is 14.2. The largest absolute Gasteiger partial charge is 0.479 e. The first kappa shape index (κ1) is 21.4. The summed E-state index contributed by atoms with van der Waals surface area (Å²) >= 11 is 0. The monoisotopic (exact) mass is 409 g/mol. The number of ether oxygens (including phenoxy) is 1. The van der Waals surface area contributed by atoms with Gasteiger partial charge in [-0.25, -0.2) is 0 Å². The molecule has 3 N–H and O–H groups in total. The van der Waals surface area contributed by atoms with Gasteiger partial charge in [-0.2, -0.15) is 0 Å². The van der Waals surface area contributed by atoms with E-state index in [4.69, 9.17) is 4.74 Å². The van der Waals surface area contributed by atoms with Gasteiger partial charge in [-0.3, -0.25) is 14.4 Å². The van der Waals surface area contributed by atoms with Crippen LogP contribution in [0.1, 0.15) is 43.1 Å². The van der Waals surface area contributed by atoms with Crippen LogP contribution in [-0.4, -0.2) is 29.9 Å². The third kappa shape index (κ3) is 4.97. The van der Waals surface area contributed by atoms with E-state index in [1.165, 1.54) is 0 Å². The summed E-state index contributed by atoms with van der Waals surface area (Å²) in [5.41, 5.74) is 2.40. The molecule has 30 heavy (non-hydrogen) atoms. The van der Waals surface area contributed by atoms with Crippen LogP contribution in [0.2, 0.25) is 0 Å². The standard InChI is InChI=1S/C23H27N3O4/c1-13(2)11-19(26-22(28)17-8-6-5-7-14(17)3)23(29)24-16-9-10-20-18(12-16)25-21(27)15(4)30-20/h5-10,12-13,15,19H,11H2,1-4H3,(H,24,29)(H,25,27)(H,26,28)/t15-,19-/m0/s1. The van der Waals surface area contributed by atoms with Gasteiger partial charge in [0.25, 0.3) is 11.8 Å². The van der Waals surface area contributed by atoms with E-state index in [1.54, 1.807) is 37.3 Å². The van der Waals surface area contributed by atoms with Gasteiger partial charge in [0, 0.05) is 11.3 Å². The Morgan fingerprint density at radius 2 is 1.90 bits per heavy atom. The van der Waals surface area contributed by atoms with Crippen LogP contribution in [0, 0.1) is 12.8 Å². The predicted octanol–water partition coefficient (Wildman–Crippen LogP) is 3.50. The number of rotatable bonds is 6. The van der Waals surface area contributed by atoms with Gasteiger partial charge >= 0.3 is 0 Å². The van der Waals surface area contributed by atoms with E-state index in [0.29, 0.717) is 29.1 Å². The van der Waals surface area contributed by atoms with Crippen LogP contribution in [0.4, 0.5) is 11.4 Å². The minimum Gasteiger partial charge on any atom is -0.479 e. The highest BCUT2D eigenvalue weighted by atomic mass is 16.5. The van der Waals surface area contributed by atoms with Crippen molar-refractivity contribution in [2.75, 3.05) is 10.6 Å². The van der Waals surface area contributed by atoms with Gasteiger partial charge in [0.2, 0.25) is 5.91 Å². The number of nitrogens with one attached hydrogen (secondary N) is 3. The molecule has 1 aliphatic heterocycles. The van der Waals surface area contributed by atoms with Crippen LogP contribution in [0.3, 0.4) is 0 Å². The quantitative estimate of drug-likeness (QED) is 0.680. The van der Waals surface area contributed by atoms with Gasteiger partial charge in [0.15, 0.2) is 6.10 Å². The third-order valence-electron chi connectivity index (χ3n) is 4.90. The maximum absolute atomic E-state index is 12.9. The molecule has 0 saturated carbocycles. The fourth-order valence-electron chi connectivity index (χ4n) is 3.28. The van der Waals surface area contributed by atoms with E-state index in [0.717, 1.165) is 5.56 Å². The van der Waals surface area contributed by atoms with Crippen LogP contribution in [0.5, 0.6) is 5.75 Å². The highest BCUT2D eigenvalue weighted by Crippen LogP contribution is 2.32. The molecule has 2 aromatic carbocycles. The summed E-state index contributed by atoms with van der Waals surface area (Å²) in [7, 11) is 0. The van der Waals surface area contributed by atoms with Crippen molar-refractivity contribution in [2.45, 2.75) is 46.3 Å². The number of fused-ring (bicyclic) bond motifs is 1. The lowest BCUT2D eigenvalue weighted by Gasteiger charge is -2.24. The molecule has 7 heteroatoms. The molecule has 0 unspecified atom stereocenters. The molecule has 0 spiro atoms. The summed E-state index contributed by atoms with van der Waals surface area (Å²) in [6.45, 7) is 7.51. The number of benzene rings is 2. The van der Waals surface area contributed by atoms with Crippen molar-refractivity contribution in [2.24, 2.45) is 5.92 Å². The van der Waals surface area contributed by atoms with E-state index in [9.17, 15) is 14.4 Å². The van der Waals surface area contributed by atoms with E-state index in [1.807, 2.05) is 32.9 Å². The molecule has 0 fully saturated rings. The second-order valence-electron chi connectivity index (χ2n) is 7.92. The zero-order valence-corrected chi connectivity index (χ0v) is 17.6. The van der Waals surface area contributed by atoms with Gasteiger partial charge in [-0.15, -0.1) is 0 Å². The van der Waals surface area contributed by atoms with Gasteiger partial charge in [-0.05, 0) is 56.0 Å². The molecule has 0 bridgehead atoms.